The number of benzene rings is 1. The number of halogens is 1. The first kappa shape index (κ1) is 14.2. The van der Waals surface area contributed by atoms with Crippen molar-refractivity contribution in [3.8, 4) is 0 Å². The Bertz CT molecular complexity index is 506. The molecule has 0 aromatic heterocycles. The summed E-state index contributed by atoms with van der Waals surface area (Å²) in [6.45, 7) is 0.566. The van der Waals surface area contributed by atoms with Crippen LogP contribution >= 0.6 is 28.1 Å². The highest BCUT2D eigenvalue weighted by molar-refractivity contribution is 9.10. The maximum atomic E-state index is 12.3. The lowest BCUT2D eigenvalue weighted by atomic mass is 9.86. The minimum absolute atomic E-state index is 0.255. The van der Waals surface area contributed by atoms with Crippen molar-refractivity contribution in [1.29, 1.82) is 0 Å². The van der Waals surface area contributed by atoms with Crippen LogP contribution in [0.3, 0.4) is 0 Å². The Balaban J connectivity index is 2.14. The fourth-order valence-electron chi connectivity index (χ4n) is 1.86. The van der Waals surface area contributed by atoms with Crippen LogP contribution in [0.2, 0.25) is 0 Å². The van der Waals surface area contributed by atoms with Crippen molar-refractivity contribution < 1.29 is 9.53 Å². The zero-order valence-corrected chi connectivity index (χ0v) is 12.7. The molecule has 0 aliphatic carbocycles. The summed E-state index contributed by atoms with van der Waals surface area (Å²) in [6, 6.07) is 7.54. The molecule has 7 heteroatoms. The quantitative estimate of drug-likeness (QED) is 0.556. The van der Waals surface area contributed by atoms with Gasteiger partial charge in [0.25, 0.3) is 5.91 Å². The zero-order chi connectivity index (χ0) is 13.9. The van der Waals surface area contributed by atoms with Crippen molar-refractivity contribution in [2.24, 2.45) is 0 Å². The summed E-state index contributed by atoms with van der Waals surface area (Å²) in [5.74, 6) is -0.255. The molecule has 0 spiro atoms. The normalized spacial score (nSPS) is 21.2. The van der Waals surface area contributed by atoms with E-state index in [0.29, 0.717) is 18.1 Å². The average Bonchev–Trinajstić information content (AvgIpc) is 2.34. The number of hydrazine groups is 1. The van der Waals surface area contributed by atoms with Gasteiger partial charge in [-0.25, -0.2) is 0 Å². The fourth-order valence-corrected chi connectivity index (χ4v) is 2.31. The van der Waals surface area contributed by atoms with Gasteiger partial charge in [-0.15, -0.1) is 0 Å². The van der Waals surface area contributed by atoms with Crippen LogP contribution in [0, 0.1) is 0 Å². The third kappa shape index (κ3) is 2.88. The monoisotopic (exact) mass is 343 g/mol. The number of carbonyl (C=O) groups excluding carboxylic acids is 1. The van der Waals surface area contributed by atoms with Crippen LogP contribution in [0.25, 0.3) is 0 Å². The molecule has 1 amide bonds. The number of amides is 1. The lowest BCUT2D eigenvalue weighted by Crippen LogP contribution is -2.58. The second-order valence-electron chi connectivity index (χ2n) is 4.09. The molecule has 2 rings (SSSR count). The average molecular weight is 344 g/mol. The van der Waals surface area contributed by atoms with Gasteiger partial charge in [0.15, 0.2) is 10.7 Å². The second kappa shape index (κ2) is 5.85. The lowest BCUT2D eigenvalue weighted by Gasteiger charge is -2.40. The molecule has 0 saturated carbocycles. The molecule has 1 aliphatic heterocycles. The highest BCUT2D eigenvalue weighted by Gasteiger charge is 2.47. The summed E-state index contributed by atoms with van der Waals surface area (Å²) in [5, 5.41) is 3.06. The van der Waals surface area contributed by atoms with Crippen molar-refractivity contribution in [3.05, 3.63) is 34.3 Å². The van der Waals surface area contributed by atoms with E-state index in [1.54, 1.807) is 7.05 Å². The van der Waals surface area contributed by atoms with Gasteiger partial charge in [0.1, 0.15) is 0 Å². The van der Waals surface area contributed by atoms with Crippen molar-refractivity contribution in [1.82, 2.24) is 16.2 Å². The number of ether oxygens (including phenoxy) is 1. The lowest BCUT2D eigenvalue weighted by molar-refractivity contribution is -0.181. The van der Waals surface area contributed by atoms with Crippen molar-refractivity contribution in [2.75, 3.05) is 13.7 Å². The molecule has 0 radical (unpaired) electrons. The van der Waals surface area contributed by atoms with Crippen LogP contribution in [0.5, 0.6) is 0 Å². The zero-order valence-electron chi connectivity index (χ0n) is 10.3. The summed E-state index contributed by atoms with van der Waals surface area (Å²) in [5.41, 5.74) is 5.07. The SMILES string of the molecule is CNC(=S)NNC(=O)C1(c2cccc(Br)c2)CCO1. The minimum Gasteiger partial charge on any atom is -0.364 e. The topological polar surface area (TPSA) is 62.4 Å². The van der Waals surface area contributed by atoms with Crippen LogP contribution in [0.4, 0.5) is 0 Å². The number of hydrogen-bond donors (Lipinski definition) is 3. The summed E-state index contributed by atoms with van der Waals surface area (Å²) < 4.78 is 6.46. The Morgan fingerprint density at radius 3 is 2.74 bits per heavy atom. The molecular formula is C12H14BrN3O2S. The highest BCUT2D eigenvalue weighted by Crippen LogP contribution is 2.38. The van der Waals surface area contributed by atoms with Crippen LogP contribution in [0.1, 0.15) is 12.0 Å². The Labute approximate surface area is 125 Å². The fraction of sp³-hybridized carbons (Fsp3) is 0.333. The van der Waals surface area contributed by atoms with Gasteiger partial charge in [-0.3, -0.25) is 15.6 Å². The molecule has 1 aromatic rings. The van der Waals surface area contributed by atoms with Gasteiger partial charge in [0, 0.05) is 17.9 Å². The third-order valence-corrected chi connectivity index (χ3v) is 3.78. The van der Waals surface area contributed by atoms with E-state index in [9.17, 15) is 4.79 Å². The third-order valence-electron chi connectivity index (χ3n) is 2.98. The van der Waals surface area contributed by atoms with Gasteiger partial charge in [-0.05, 0) is 29.9 Å². The first-order valence-corrected chi connectivity index (χ1v) is 6.97. The van der Waals surface area contributed by atoms with Crippen LogP contribution in [-0.4, -0.2) is 24.7 Å². The highest BCUT2D eigenvalue weighted by atomic mass is 79.9. The van der Waals surface area contributed by atoms with Gasteiger partial charge in [0.05, 0.1) is 6.61 Å². The predicted molar refractivity (Wildman–Crippen MR) is 79.3 cm³/mol. The Kier molecular flexibility index (Phi) is 4.38. The van der Waals surface area contributed by atoms with Gasteiger partial charge < -0.3 is 10.1 Å². The maximum absolute atomic E-state index is 12.3. The predicted octanol–water partition coefficient (Wildman–Crippen LogP) is 1.19. The summed E-state index contributed by atoms with van der Waals surface area (Å²) in [7, 11) is 1.67. The van der Waals surface area contributed by atoms with E-state index < -0.39 is 5.60 Å². The van der Waals surface area contributed by atoms with Gasteiger partial charge in [-0.2, -0.15) is 0 Å². The molecule has 102 valence electrons. The molecule has 0 bridgehead atoms. The van der Waals surface area contributed by atoms with E-state index in [-0.39, 0.29) is 5.91 Å². The van der Waals surface area contributed by atoms with E-state index >= 15 is 0 Å². The Morgan fingerprint density at radius 1 is 1.47 bits per heavy atom. The molecule has 1 aromatic carbocycles. The molecular weight excluding hydrogens is 330 g/mol. The number of hydrogen-bond acceptors (Lipinski definition) is 3. The molecule has 5 nitrogen and oxygen atoms in total. The number of rotatable bonds is 2. The summed E-state index contributed by atoms with van der Waals surface area (Å²) in [6.07, 6.45) is 0.642. The van der Waals surface area contributed by atoms with Crippen molar-refractivity contribution in [2.45, 2.75) is 12.0 Å². The van der Waals surface area contributed by atoms with E-state index in [1.165, 1.54) is 0 Å². The minimum atomic E-state index is -0.930. The van der Waals surface area contributed by atoms with E-state index in [0.717, 1.165) is 10.0 Å². The molecule has 1 saturated heterocycles. The molecule has 1 fully saturated rings. The summed E-state index contributed by atoms with van der Waals surface area (Å²) >= 11 is 8.30. The van der Waals surface area contributed by atoms with E-state index in [4.69, 9.17) is 17.0 Å². The molecule has 1 heterocycles. The Morgan fingerprint density at radius 2 is 2.21 bits per heavy atom. The van der Waals surface area contributed by atoms with E-state index in [2.05, 4.69) is 32.1 Å². The first-order chi connectivity index (χ1) is 9.08. The molecule has 1 aliphatic rings. The number of thiocarbonyl (C=S) groups is 1. The molecule has 19 heavy (non-hydrogen) atoms. The Hall–Kier alpha value is -1.18. The van der Waals surface area contributed by atoms with Gasteiger partial charge in [-0.1, -0.05) is 28.1 Å². The first-order valence-electron chi connectivity index (χ1n) is 5.76. The van der Waals surface area contributed by atoms with Crippen molar-refractivity contribution >= 4 is 39.2 Å². The van der Waals surface area contributed by atoms with Gasteiger partial charge >= 0.3 is 0 Å². The van der Waals surface area contributed by atoms with Crippen molar-refractivity contribution in [3.63, 3.8) is 0 Å². The van der Waals surface area contributed by atoms with Gasteiger partial charge in [0.2, 0.25) is 0 Å². The number of nitrogens with one attached hydrogen (secondary N) is 3. The number of carbonyl (C=O) groups is 1. The molecule has 1 unspecified atom stereocenters. The maximum Gasteiger partial charge on any atom is 0.275 e. The van der Waals surface area contributed by atoms with Crippen LogP contribution in [-0.2, 0) is 15.1 Å². The standard InChI is InChI=1S/C12H14BrN3O2S/c1-14-11(19)16-15-10(17)12(5-6-18-12)8-3-2-4-9(13)7-8/h2-4,7H,5-6H2,1H3,(H,15,17)(H2,14,16,19). The van der Waals surface area contributed by atoms with Crippen LogP contribution < -0.4 is 16.2 Å². The van der Waals surface area contributed by atoms with Crippen LogP contribution in [0.15, 0.2) is 28.7 Å². The largest absolute Gasteiger partial charge is 0.364 e. The second-order valence-corrected chi connectivity index (χ2v) is 5.42. The smallest absolute Gasteiger partial charge is 0.275 e. The summed E-state index contributed by atoms with van der Waals surface area (Å²) in [4.78, 5) is 12.3. The molecule has 3 N–H and O–H groups in total. The van der Waals surface area contributed by atoms with E-state index in [1.807, 2.05) is 24.3 Å². The molecule has 1 atom stereocenters.